The number of rotatable bonds is 6. The van der Waals surface area contributed by atoms with Crippen LogP contribution in [0.2, 0.25) is 0 Å². The fourth-order valence-corrected chi connectivity index (χ4v) is 3.86. The maximum absolute atomic E-state index is 13.1. The number of aromatic nitrogens is 3. The smallest absolute Gasteiger partial charge is 0.289 e. The monoisotopic (exact) mass is 463 g/mol. The van der Waals surface area contributed by atoms with Crippen molar-refractivity contribution < 1.29 is 9.90 Å². The highest BCUT2D eigenvalue weighted by molar-refractivity contribution is 6.02. The minimum Gasteiger partial charge on any atom is -0.494 e. The van der Waals surface area contributed by atoms with Crippen molar-refractivity contribution >= 4 is 22.9 Å². The summed E-state index contributed by atoms with van der Waals surface area (Å²) in [5, 5.41) is 22.9. The number of hydrogen-bond donors (Lipinski definition) is 3. The van der Waals surface area contributed by atoms with Crippen LogP contribution in [0.15, 0.2) is 101 Å². The molecule has 172 valence electrons. The van der Waals surface area contributed by atoms with Gasteiger partial charge in [0, 0.05) is 16.3 Å². The molecule has 0 aliphatic carbocycles. The number of hydrogen-bond acceptors (Lipinski definition) is 5. The number of hydrazone groups is 1. The van der Waals surface area contributed by atoms with E-state index < -0.39 is 5.91 Å². The van der Waals surface area contributed by atoms with Gasteiger partial charge in [0.15, 0.2) is 0 Å². The summed E-state index contributed by atoms with van der Waals surface area (Å²) in [6, 6.07) is 27.5. The van der Waals surface area contributed by atoms with Crippen LogP contribution in [-0.2, 0) is 6.54 Å². The number of benzene rings is 3. The molecule has 35 heavy (non-hydrogen) atoms. The number of fused-ring (bicyclic) bond motifs is 1. The Hall–Kier alpha value is -4.98. The number of pyridine rings is 1. The van der Waals surface area contributed by atoms with Crippen molar-refractivity contribution in [2.45, 2.75) is 6.54 Å². The Labute approximate surface area is 200 Å². The number of aromatic amines is 1. The molecular formula is C27H21N5O3. The van der Waals surface area contributed by atoms with E-state index in [1.807, 2.05) is 60.7 Å². The molecule has 3 N–H and O–H groups in total. The summed E-state index contributed by atoms with van der Waals surface area (Å²) >= 11 is 0. The number of nitrogens with one attached hydrogen (secondary N) is 2. The van der Waals surface area contributed by atoms with Crippen molar-refractivity contribution in [2.24, 2.45) is 5.10 Å². The van der Waals surface area contributed by atoms with E-state index in [1.165, 1.54) is 10.8 Å². The summed E-state index contributed by atoms with van der Waals surface area (Å²) in [5.74, 6) is -0.721. The third-order valence-corrected chi connectivity index (χ3v) is 5.62. The van der Waals surface area contributed by atoms with E-state index in [9.17, 15) is 14.7 Å². The Bertz CT molecular complexity index is 1590. The van der Waals surface area contributed by atoms with E-state index in [4.69, 9.17) is 0 Å². The lowest BCUT2D eigenvalue weighted by molar-refractivity contribution is 0.0950. The van der Waals surface area contributed by atoms with Crippen LogP contribution in [0.4, 0.5) is 0 Å². The fraction of sp³-hybridized carbons (Fsp3) is 0.0370. The van der Waals surface area contributed by atoms with Gasteiger partial charge in [0.05, 0.1) is 24.0 Å². The molecular weight excluding hydrogens is 442 g/mol. The third-order valence-electron chi connectivity index (χ3n) is 5.62. The zero-order valence-corrected chi connectivity index (χ0v) is 18.6. The first-order valence-corrected chi connectivity index (χ1v) is 10.9. The zero-order valence-electron chi connectivity index (χ0n) is 18.6. The van der Waals surface area contributed by atoms with Gasteiger partial charge in [-0.2, -0.15) is 10.2 Å². The topological polar surface area (TPSA) is 112 Å². The van der Waals surface area contributed by atoms with Crippen LogP contribution in [0.1, 0.15) is 21.6 Å². The Morgan fingerprint density at radius 3 is 2.37 bits per heavy atom. The molecule has 0 radical (unpaired) electrons. The molecule has 0 bridgehead atoms. The molecule has 1 amide bonds. The van der Waals surface area contributed by atoms with Crippen LogP contribution in [0, 0.1) is 0 Å². The summed E-state index contributed by atoms with van der Waals surface area (Å²) in [7, 11) is 0. The van der Waals surface area contributed by atoms with Crippen molar-refractivity contribution in [1.82, 2.24) is 20.2 Å². The van der Waals surface area contributed by atoms with Crippen molar-refractivity contribution in [3.8, 4) is 17.1 Å². The second-order valence-electron chi connectivity index (χ2n) is 7.89. The summed E-state index contributed by atoms with van der Waals surface area (Å²) in [6.07, 6.45) is 1.34. The molecule has 2 heterocycles. The number of amides is 1. The molecule has 0 spiro atoms. The van der Waals surface area contributed by atoms with Gasteiger partial charge in [-0.1, -0.05) is 78.9 Å². The molecule has 0 aliphatic rings. The van der Waals surface area contributed by atoms with Crippen molar-refractivity contribution in [3.63, 3.8) is 0 Å². The van der Waals surface area contributed by atoms with E-state index in [1.54, 1.807) is 30.3 Å². The minimum atomic E-state index is -0.489. The molecule has 8 heteroatoms. The van der Waals surface area contributed by atoms with Gasteiger partial charge in [0.2, 0.25) is 5.88 Å². The highest BCUT2D eigenvalue weighted by Crippen LogP contribution is 2.24. The largest absolute Gasteiger partial charge is 0.494 e. The molecule has 8 nitrogen and oxygen atoms in total. The third kappa shape index (κ3) is 4.45. The Kier molecular flexibility index (Phi) is 5.92. The molecule has 3 aromatic carbocycles. The van der Waals surface area contributed by atoms with Gasteiger partial charge in [-0.05, 0) is 17.7 Å². The summed E-state index contributed by atoms with van der Waals surface area (Å²) in [6.45, 7) is 0.194. The highest BCUT2D eigenvalue weighted by Gasteiger charge is 2.16. The minimum absolute atomic E-state index is 0.194. The lowest BCUT2D eigenvalue weighted by Crippen LogP contribution is -2.23. The Morgan fingerprint density at radius 2 is 1.63 bits per heavy atom. The van der Waals surface area contributed by atoms with Gasteiger partial charge in [-0.25, -0.2) is 5.43 Å². The molecule has 5 aromatic rings. The molecule has 0 fully saturated rings. The standard InChI is InChI=1S/C27H21N5O3/c33-25(24-15-23(29-30-24)19-11-5-2-6-12-19)31-28-16-22-20-13-7-8-14-21(20)26(34)32(27(22)35)17-18-9-3-1-4-10-18/h1-16,35H,17H2,(H,29,30)(H,31,33)/b28-16+. The predicted octanol–water partition coefficient (Wildman–Crippen LogP) is 3.91. The lowest BCUT2D eigenvalue weighted by Gasteiger charge is -2.13. The molecule has 2 aromatic heterocycles. The summed E-state index contributed by atoms with van der Waals surface area (Å²) in [4.78, 5) is 25.6. The highest BCUT2D eigenvalue weighted by atomic mass is 16.3. The van der Waals surface area contributed by atoms with E-state index in [0.29, 0.717) is 22.0 Å². The van der Waals surface area contributed by atoms with Crippen molar-refractivity contribution in [1.29, 1.82) is 0 Å². The van der Waals surface area contributed by atoms with Crippen LogP contribution in [0.25, 0.3) is 22.0 Å². The number of carbonyl (C=O) groups excluding carboxylic acids is 1. The molecule has 0 atom stereocenters. The molecule has 5 rings (SSSR count). The van der Waals surface area contributed by atoms with Gasteiger partial charge >= 0.3 is 0 Å². The number of nitrogens with zero attached hydrogens (tertiary/aromatic N) is 3. The average Bonchev–Trinajstić information content (AvgIpc) is 3.40. The van der Waals surface area contributed by atoms with Gasteiger partial charge in [-0.15, -0.1) is 0 Å². The average molecular weight is 463 g/mol. The lowest BCUT2D eigenvalue weighted by atomic mass is 10.1. The SMILES string of the molecule is O=C(N/N=C/c1c(O)n(Cc2ccccc2)c(=O)c2ccccc12)c1cc(-c2ccccc2)n[nH]1. The number of aromatic hydroxyl groups is 1. The van der Waals surface area contributed by atoms with Crippen molar-refractivity contribution in [2.75, 3.05) is 0 Å². The maximum Gasteiger partial charge on any atom is 0.289 e. The van der Waals surface area contributed by atoms with Gasteiger partial charge in [-0.3, -0.25) is 19.3 Å². The normalized spacial score (nSPS) is 11.2. The van der Waals surface area contributed by atoms with E-state index in [2.05, 4.69) is 20.7 Å². The van der Waals surface area contributed by atoms with Crippen LogP contribution in [-0.4, -0.2) is 32.0 Å². The number of H-pyrrole nitrogens is 1. The van der Waals surface area contributed by atoms with Crippen LogP contribution in [0.3, 0.4) is 0 Å². The van der Waals surface area contributed by atoms with Crippen LogP contribution < -0.4 is 11.0 Å². The second-order valence-corrected chi connectivity index (χ2v) is 7.89. The predicted molar refractivity (Wildman–Crippen MR) is 135 cm³/mol. The van der Waals surface area contributed by atoms with Gasteiger partial charge < -0.3 is 5.11 Å². The maximum atomic E-state index is 13.1. The van der Waals surface area contributed by atoms with Crippen LogP contribution in [0.5, 0.6) is 5.88 Å². The molecule has 0 saturated heterocycles. The molecule has 0 unspecified atom stereocenters. The van der Waals surface area contributed by atoms with Crippen molar-refractivity contribution in [3.05, 3.63) is 118 Å². The van der Waals surface area contributed by atoms with Gasteiger partial charge in [0.1, 0.15) is 5.69 Å². The van der Waals surface area contributed by atoms with E-state index in [-0.39, 0.29) is 23.7 Å². The van der Waals surface area contributed by atoms with Gasteiger partial charge in [0.25, 0.3) is 11.5 Å². The quantitative estimate of drug-likeness (QED) is 0.262. The first kappa shape index (κ1) is 21.8. The van der Waals surface area contributed by atoms with E-state index in [0.717, 1.165) is 11.1 Å². The summed E-state index contributed by atoms with van der Waals surface area (Å²) in [5.41, 5.74) is 5.08. The summed E-state index contributed by atoms with van der Waals surface area (Å²) < 4.78 is 1.29. The first-order valence-electron chi connectivity index (χ1n) is 10.9. The molecule has 0 aliphatic heterocycles. The first-order chi connectivity index (χ1) is 17.1. The van der Waals surface area contributed by atoms with Crippen LogP contribution >= 0.6 is 0 Å². The fourth-order valence-electron chi connectivity index (χ4n) is 3.86. The number of carbonyl (C=O) groups is 1. The Balaban J connectivity index is 1.44. The zero-order chi connectivity index (χ0) is 24.2. The Morgan fingerprint density at radius 1 is 0.971 bits per heavy atom. The molecule has 0 saturated carbocycles. The van der Waals surface area contributed by atoms with E-state index >= 15 is 0 Å². The second kappa shape index (κ2) is 9.48.